The maximum absolute atomic E-state index is 12.1. The highest BCUT2D eigenvalue weighted by molar-refractivity contribution is 5.99. The van der Waals surface area contributed by atoms with Crippen LogP contribution in [0.1, 0.15) is 38.8 Å². The first-order chi connectivity index (χ1) is 9.28. The molecule has 0 saturated carbocycles. The number of benzene rings is 2. The van der Waals surface area contributed by atoms with Crippen molar-refractivity contribution in [2.75, 3.05) is 0 Å². The summed E-state index contributed by atoms with van der Waals surface area (Å²) in [6.07, 6.45) is 0.853. The third-order valence-corrected chi connectivity index (χ3v) is 3.27. The number of Topliss-reactive ketones (excluding diaryl/α,β-unsaturated/α-hetero) is 1. The number of hydrogen-bond donors (Lipinski definition) is 0. The average Bonchev–Trinajstić information content (AvgIpc) is 2.47. The Morgan fingerprint density at radius 2 is 1.79 bits per heavy atom. The molecule has 1 unspecified atom stereocenters. The SMILES string of the molecule is O=Cc1ccc(C2CC(=O)c3ccccc3O2)cc1. The highest BCUT2D eigenvalue weighted by atomic mass is 16.5. The van der Waals surface area contributed by atoms with Crippen molar-refractivity contribution in [1.29, 1.82) is 0 Å². The van der Waals surface area contributed by atoms with E-state index in [0.29, 0.717) is 23.3 Å². The van der Waals surface area contributed by atoms with E-state index in [2.05, 4.69) is 0 Å². The molecule has 1 heterocycles. The van der Waals surface area contributed by atoms with Crippen molar-refractivity contribution in [3.63, 3.8) is 0 Å². The number of fused-ring (bicyclic) bond motifs is 1. The molecule has 0 aromatic heterocycles. The monoisotopic (exact) mass is 252 g/mol. The predicted molar refractivity (Wildman–Crippen MR) is 70.6 cm³/mol. The molecule has 0 fully saturated rings. The Morgan fingerprint density at radius 3 is 2.53 bits per heavy atom. The second-order valence-corrected chi connectivity index (χ2v) is 4.51. The first kappa shape index (κ1) is 11.7. The molecule has 0 aliphatic carbocycles. The van der Waals surface area contributed by atoms with E-state index in [1.54, 1.807) is 24.3 Å². The normalized spacial score (nSPS) is 17.5. The molecule has 0 spiro atoms. The van der Waals surface area contributed by atoms with Gasteiger partial charge in [-0.25, -0.2) is 0 Å². The van der Waals surface area contributed by atoms with Gasteiger partial charge in [0.25, 0.3) is 0 Å². The topological polar surface area (TPSA) is 43.4 Å². The molecule has 0 N–H and O–H groups in total. The Bertz CT molecular complexity index is 629. The maximum atomic E-state index is 12.1. The van der Waals surface area contributed by atoms with Gasteiger partial charge in [0.15, 0.2) is 5.78 Å². The minimum atomic E-state index is -0.275. The fourth-order valence-electron chi connectivity index (χ4n) is 2.25. The maximum Gasteiger partial charge on any atom is 0.170 e. The van der Waals surface area contributed by atoms with Crippen LogP contribution in [0.3, 0.4) is 0 Å². The van der Waals surface area contributed by atoms with Crippen molar-refractivity contribution < 1.29 is 14.3 Å². The lowest BCUT2D eigenvalue weighted by Crippen LogP contribution is -2.20. The van der Waals surface area contributed by atoms with Crippen molar-refractivity contribution in [1.82, 2.24) is 0 Å². The van der Waals surface area contributed by atoms with Crippen molar-refractivity contribution >= 4 is 12.1 Å². The van der Waals surface area contributed by atoms with E-state index in [9.17, 15) is 9.59 Å². The molecule has 3 rings (SSSR count). The molecule has 0 amide bonds. The fourth-order valence-corrected chi connectivity index (χ4v) is 2.25. The minimum Gasteiger partial charge on any atom is -0.484 e. The summed E-state index contributed by atoms with van der Waals surface area (Å²) in [5.41, 5.74) is 2.17. The van der Waals surface area contributed by atoms with Crippen LogP contribution >= 0.6 is 0 Å². The second-order valence-electron chi connectivity index (χ2n) is 4.51. The summed E-state index contributed by atoms with van der Waals surface area (Å²) in [7, 11) is 0. The number of carbonyl (C=O) groups is 2. The van der Waals surface area contributed by atoms with Gasteiger partial charge in [-0.2, -0.15) is 0 Å². The first-order valence-corrected chi connectivity index (χ1v) is 6.12. The lowest BCUT2D eigenvalue weighted by molar-refractivity contribution is 0.0849. The molecular formula is C16H12O3. The second kappa shape index (κ2) is 4.69. The van der Waals surface area contributed by atoms with Crippen molar-refractivity contribution in [2.45, 2.75) is 12.5 Å². The quantitative estimate of drug-likeness (QED) is 0.771. The van der Waals surface area contributed by atoms with Crippen LogP contribution in [-0.4, -0.2) is 12.1 Å². The van der Waals surface area contributed by atoms with Gasteiger partial charge in [-0.05, 0) is 17.7 Å². The Hall–Kier alpha value is -2.42. The lowest BCUT2D eigenvalue weighted by atomic mass is 9.96. The molecule has 3 heteroatoms. The van der Waals surface area contributed by atoms with E-state index < -0.39 is 0 Å². The zero-order chi connectivity index (χ0) is 13.2. The molecule has 3 nitrogen and oxygen atoms in total. The summed E-state index contributed by atoms with van der Waals surface area (Å²) in [5.74, 6) is 0.717. The van der Waals surface area contributed by atoms with Crippen LogP contribution in [0.5, 0.6) is 5.75 Å². The van der Waals surface area contributed by atoms with Gasteiger partial charge >= 0.3 is 0 Å². The number of rotatable bonds is 2. The number of hydrogen-bond acceptors (Lipinski definition) is 3. The largest absolute Gasteiger partial charge is 0.484 e. The fraction of sp³-hybridized carbons (Fsp3) is 0.125. The highest BCUT2D eigenvalue weighted by Crippen LogP contribution is 2.34. The number of ether oxygens (including phenoxy) is 1. The zero-order valence-corrected chi connectivity index (χ0v) is 10.2. The van der Waals surface area contributed by atoms with E-state index >= 15 is 0 Å². The molecule has 1 aliphatic rings. The Labute approximate surface area is 110 Å². The predicted octanol–water partition coefficient (Wildman–Crippen LogP) is 3.21. The van der Waals surface area contributed by atoms with E-state index in [-0.39, 0.29) is 11.9 Å². The zero-order valence-electron chi connectivity index (χ0n) is 10.2. The molecule has 19 heavy (non-hydrogen) atoms. The van der Waals surface area contributed by atoms with Gasteiger partial charge in [-0.15, -0.1) is 0 Å². The van der Waals surface area contributed by atoms with E-state index in [4.69, 9.17) is 4.74 Å². The molecule has 0 saturated heterocycles. The van der Waals surface area contributed by atoms with Gasteiger partial charge in [0.1, 0.15) is 18.1 Å². The number of aldehydes is 1. The molecule has 0 radical (unpaired) electrons. The molecule has 2 aromatic carbocycles. The summed E-state index contributed by atoms with van der Waals surface area (Å²) in [5, 5.41) is 0. The van der Waals surface area contributed by atoms with E-state index in [1.165, 1.54) is 0 Å². The van der Waals surface area contributed by atoms with E-state index in [1.807, 2.05) is 24.3 Å². The molecule has 1 atom stereocenters. The third-order valence-electron chi connectivity index (χ3n) is 3.27. The van der Waals surface area contributed by atoms with Gasteiger partial charge in [-0.1, -0.05) is 36.4 Å². The third kappa shape index (κ3) is 2.15. The molecule has 2 aromatic rings. The Morgan fingerprint density at radius 1 is 1.05 bits per heavy atom. The lowest BCUT2D eigenvalue weighted by Gasteiger charge is -2.25. The summed E-state index contributed by atoms with van der Waals surface area (Å²) >= 11 is 0. The van der Waals surface area contributed by atoms with Crippen LogP contribution in [0.15, 0.2) is 48.5 Å². The van der Waals surface area contributed by atoms with Crippen molar-refractivity contribution in [3.05, 3.63) is 65.2 Å². The van der Waals surface area contributed by atoms with Gasteiger partial charge in [0.05, 0.1) is 12.0 Å². The average molecular weight is 252 g/mol. The van der Waals surface area contributed by atoms with Crippen LogP contribution in [0.4, 0.5) is 0 Å². The molecule has 94 valence electrons. The smallest absolute Gasteiger partial charge is 0.170 e. The van der Waals surface area contributed by atoms with Crippen LogP contribution < -0.4 is 4.74 Å². The first-order valence-electron chi connectivity index (χ1n) is 6.12. The highest BCUT2D eigenvalue weighted by Gasteiger charge is 2.26. The summed E-state index contributed by atoms with van der Waals surface area (Å²) in [6.45, 7) is 0. The number of carbonyl (C=O) groups excluding carboxylic acids is 2. The summed E-state index contributed by atoms with van der Waals surface area (Å²) in [6, 6.07) is 14.4. The van der Waals surface area contributed by atoms with Gasteiger partial charge < -0.3 is 4.74 Å². The Kier molecular flexibility index (Phi) is 2.88. The van der Waals surface area contributed by atoms with E-state index in [0.717, 1.165) is 11.8 Å². The number of para-hydroxylation sites is 1. The van der Waals surface area contributed by atoms with Crippen LogP contribution in [0.2, 0.25) is 0 Å². The summed E-state index contributed by atoms with van der Waals surface area (Å²) in [4.78, 5) is 22.7. The molecular weight excluding hydrogens is 240 g/mol. The van der Waals surface area contributed by atoms with Gasteiger partial charge in [0.2, 0.25) is 0 Å². The standard InChI is InChI=1S/C16H12O3/c17-10-11-5-7-12(8-6-11)16-9-14(18)13-3-1-2-4-15(13)19-16/h1-8,10,16H,9H2. The molecule has 1 aliphatic heterocycles. The minimum absolute atomic E-state index is 0.0892. The van der Waals surface area contributed by atoms with Crippen LogP contribution in [-0.2, 0) is 0 Å². The van der Waals surface area contributed by atoms with Gasteiger partial charge in [-0.3, -0.25) is 9.59 Å². The number of ketones is 1. The Balaban J connectivity index is 1.92. The van der Waals surface area contributed by atoms with Gasteiger partial charge in [0, 0.05) is 5.56 Å². The molecule has 0 bridgehead atoms. The summed E-state index contributed by atoms with van der Waals surface area (Å²) < 4.78 is 5.85. The van der Waals surface area contributed by atoms with Crippen LogP contribution in [0.25, 0.3) is 0 Å². The van der Waals surface area contributed by atoms with Crippen molar-refractivity contribution in [2.24, 2.45) is 0 Å². The van der Waals surface area contributed by atoms with Crippen molar-refractivity contribution in [3.8, 4) is 5.75 Å². The van der Waals surface area contributed by atoms with Crippen LogP contribution in [0, 0.1) is 0 Å².